The molecule has 2 N–H and O–H groups in total. The van der Waals surface area contributed by atoms with Crippen LogP contribution >= 0.6 is 15.9 Å². The number of aromatic nitrogens is 2. The van der Waals surface area contributed by atoms with Gasteiger partial charge in [0, 0.05) is 0 Å². The monoisotopic (exact) mass is 271 g/mol. The largest absolute Gasteiger partial charge is 0.383 e. The van der Waals surface area contributed by atoms with Gasteiger partial charge in [-0.25, -0.2) is 4.68 Å². The Morgan fingerprint density at radius 1 is 1.47 bits per heavy atom. The molecular formula is C11H18BrN3. The van der Waals surface area contributed by atoms with Crippen LogP contribution in [0.3, 0.4) is 0 Å². The van der Waals surface area contributed by atoms with Gasteiger partial charge in [-0.2, -0.15) is 5.10 Å². The van der Waals surface area contributed by atoms with Gasteiger partial charge in [0.2, 0.25) is 0 Å². The zero-order valence-corrected chi connectivity index (χ0v) is 10.9. The molecule has 1 aromatic heterocycles. The maximum Gasteiger partial charge on any atom is 0.136 e. The molecule has 0 amide bonds. The first kappa shape index (κ1) is 11.0. The molecule has 4 heteroatoms. The second kappa shape index (κ2) is 3.81. The van der Waals surface area contributed by atoms with Crippen molar-refractivity contribution in [1.29, 1.82) is 0 Å². The molecule has 0 atom stereocenters. The van der Waals surface area contributed by atoms with Crippen molar-refractivity contribution in [3.63, 3.8) is 0 Å². The van der Waals surface area contributed by atoms with Crippen LogP contribution in [0.2, 0.25) is 0 Å². The van der Waals surface area contributed by atoms with E-state index in [0.717, 1.165) is 10.3 Å². The summed E-state index contributed by atoms with van der Waals surface area (Å²) in [4.78, 5) is 0. The first-order valence-corrected chi connectivity index (χ1v) is 6.27. The summed E-state index contributed by atoms with van der Waals surface area (Å²) >= 11 is 3.40. The van der Waals surface area contributed by atoms with E-state index < -0.39 is 0 Å². The number of nitrogen functional groups attached to an aromatic ring is 1. The van der Waals surface area contributed by atoms with Crippen molar-refractivity contribution in [2.45, 2.75) is 45.6 Å². The first-order valence-electron chi connectivity index (χ1n) is 5.48. The Morgan fingerprint density at radius 2 is 2.07 bits per heavy atom. The smallest absolute Gasteiger partial charge is 0.136 e. The van der Waals surface area contributed by atoms with Crippen molar-refractivity contribution in [3.8, 4) is 0 Å². The average Bonchev–Trinajstić information content (AvgIpc) is 2.49. The summed E-state index contributed by atoms with van der Waals surface area (Å²) in [7, 11) is 0. The summed E-state index contributed by atoms with van der Waals surface area (Å²) in [6.07, 6.45) is 6.68. The molecule has 0 aromatic carbocycles. The fourth-order valence-corrected chi connectivity index (χ4v) is 2.54. The Balaban J connectivity index is 2.11. The Kier molecular flexibility index (Phi) is 2.79. The van der Waals surface area contributed by atoms with E-state index in [-0.39, 0.29) is 0 Å². The van der Waals surface area contributed by atoms with Gasteiger partial charge >= 0.3 is 0 Å². The van der Waals surface area contributed by atoms with E-state index in [4.69, 9.17) is 5.73 Å². The van der Waals surface area contributed by atoms with Gasteiger partial charge < -0.3 is 5.73 Å². The minimum atomic E-state index is 0.490. The van der Waals surface area contributed by atoms with Crippen molar-refractivity contribution < 1.29 is 0 Å². The van der Waals surface area contributed by atoms with Crippen LogP contribution in [0.1, 0.15) is 45.6 Å². The number of nitrogens with two attached hydrogens (primary N) is 1. The van der Waals surface area contributed by atoms with Crippen LogP contribution in [-0.2, 0) is 0 Å². The number of hydrogen-bond donors (Lipinski definition) is 1. The van der Waals surface area contributed by atoms with Crippen LogP contribution < -0.4 is 5.73 Å². The minimum absolute atomic E-state index is 0.490. The molecule has 1 saturated carbocycles. The van der Waals surface area contributed by atoms with Crippen LogP contribution in [0.15, 0.2) is 10.7 Å². The van der Waals surface area contributed by atoms with Gasteiger partial charge in [-0.3, -0.25) is 0 Å². The highest BCUT2D eigenvalue weighted by Crippen LogP contribution is 2.41. The molecule has 0 bridgehead atoms. The molecule has 1 heterocycles. The van der Waals surface area contributed by atoms with Crippen molar-refractivity contribution in [2.24, 2.45) is 5.41 Å². The molecule has 2 rings (SSSR count). The molecule has 0 aliphatic heterocycles. The highest BCUT2D eigenvalue weighted by molar-refractivity contribution is 9.10. The predicted octanol–water partition coefficient (Wildman–Crippen LogP) is 3.37. The van der Waals surface area contributed by atoms with Gasteiger partial charge in [0.1, 0.15) is 5.82 Å². The van der Waals surface area contributed by atoms with Crippen molar-refractivity contribution >= 4 is 21.7 Å². The number of nitrogens with zero attached hydrogens (tertiary/aromatic N) is 2. The fourth-order valence-electron chi connectivity index (χ4n) is 2.27. The molecule has 1 aromatic rings. The highest BCUT2D eigenvalue weighted by Gasteiger charge is 2.28. The van der Waals surface area contributed by atoms with E-state index in [2.05, 4.69) is 34.9 Å². The van der Waals surface area contributed by atoms with Gasteiger partial charge in [-0.05, 0) is 47.0 Å². The van der Waals surface area contributed by atoms with E-state index in [1.165, 1.54) is 25.7 Å². The maximum absolute atomic E-state index is 5.95. The quantitative estimate of drug-likeness (QED) is 0.851. The van der Waals surface area contributed by atoms with Crippen molar-refractivity contribution in [2.75, 3.05) is 5.73 Å². The lowest BCUT2D eigenvalue weighted by molar-refractivity contribution is 0.187. The summed E-state index contributed by atoms with van der Waals surface area (Å²) in [6.45, 7) is 4.68. The lowest BCUT2D eigenvalue weighted by atomic mass is 9.75. The van der Waals surface area contributed by atoms with Crippen LogP contribution in [0.5, 0.6) is 0 Å². The van der Waals surface area contributed by atoms with Gasteiger partial charge in [0.05, 0.1) is 16.7 Å². The van der Waals surface area contributed by atoms with Crippen LogP contribution in [0, 0.1) is 5.41 Å². The molecule has 15 heavy (non-hydrogen) atoms. The normalized spacial score (nSPS) is 21.8. The second-order valence-corrected chi connectivity index (χ2v) is 6.07. The predicted molar refractivity (Wildman–Crippen MR) is 65.6 cm³/mol. The molecule has 3 nitrogen and oxygen atoms in total. The van der Waals surface area contributed by atoms with E-state index in [0.29, 0.717) is 11.5 Å². The summed E-state index contributed by atoms with van der Waals surface area (Å²) in [6, 6.07) is 0.490. The summed E-state index contributed by atoms with van der Waals surface area (Å²) in [5, 5.41) is 4.33. The Labute approximate surface area is 99.2 Å². The standard InChI is InChI=1S/C11H18BrN3/c1-11(2)5-3-8(4-6-11)15-10(13)9(12)7-14-15/h7-8H,3-6,13H2,1-2H3. The number of halogens is 1. The molecule has 84 valence electrons. The third-order valence-electron chi connectivity index (χ3n) is 3.44. The first-order chi connectivity index (χ1) is 6.99. The van der Waals surface area contributed by atoms with Gasteiger partial charge in [0.25, 0.3) is 0 Å². The van der Waals surface area contributed by atoms with Crippen LogP contribution in [0.25, 0.3) is 0 Å². The third kappa shape index (κ3) is 2.19. The summed E-state index contributed by atoms with van der Waals surface area (Å²) in [5.41, 5.74) is 6.45. The molecular weight excluding hydrogens is 254 g/mol. The molecule has 0 spiro atoms. The average molecular weight is 272 g/mol. The number of rotatable bonds is 1. The number of hydrogen-bond acceptors (Lipinski definition) is 2. The SMILES string of the molecule is CC1(C)CCC(n2ncc(Br)c2N)CC1. The van der Waals surface area contributed by atoms with Gasteiger partial charge in [-0.1, -0.05) is 13.8 Å². The van der Waals surface area contributed by atoms with Crippen LogP contribution in [0.4, 0.5) is 5.82 Å². The molecule has 1 fully saturated rings. The lowest BCUT2D eigenvalue weighted by Gasteiger charge is -2.34. The van der Waals surface area contributed by atoms with Gasteiger partial charge in [-0.15, -0.1) is 0 Å². The van der Waals surface area contributed by atoms with E-state index in [1.807, 2.05) is 4.68 Å². The second-order valence-electron chi connectivity index (χ2n) is 5.22. The Hall–Kier alpha value is -0.510. The van der Waals surface area contributed by atoms with Crippen molar-refractivity contribution in [3.05, 3.63) is 10.7 Å². The van der Waals surface area contributed by atoms with Gasteiger partial charge in [0.15, 0.2) is 0 Å². The van der Waals surface area contributed by atoms with E-state index in [9.17, 15) is 0 Å². The van der Waals surface area contributed by atoms with E-state index in [1.54, 1.807) is 6.20 Å². The Morgan fingerprint density at radius 3 is 2.53 bits per heavy atom. The molecule has 0 saturated heterocycles. The summed E-state index contributed by atoms with van der Waals surface area (Å²) < 4.78 is 2.88. The molecule has 0 unspecified atom stereocenters. The minimum Gasteiger partial charge on any atom is -0.383 e. The molecule has 0 radical (unpaired) electrons. The third-order valence-corrected chi connectivity index (χ3v) is 4.05. The lowest BCUT2D eigenvalue weighted by Crippen LogP contribution is -2.24. The molecule has 1 aliphatic carbocycles. The zero-order chi connectivity index (χ0) is 11.1. The zero-order valence-electron chi connectivity index (χ0n) is 9.33. The number of anilines is 1. The summed E-state index contributed by atoms with van der Waals surface area (Å²) in [5.74, 6) is 0.764. The highest BCUT2D eigenvalue weighted by atomic mass is 79.9. The van der Waals surface area contributed by atoms with E-state index >= 15 is 0 Å². The maximum atomic E-state index is 5.95. The Bertz CT molecular complexity index is 347. The van der Waals surface area contributed by atoms with Crippen molar-refractivity contribution in [1.82, 2.24) is 9.78 Å². The topological polar surface area (TPSA) is 43.8 Å². The fraction of sp³-hybridized carbons (Fsp3) is 0.727. The van der Waals surface area contributed by atoms with Crippen LogP contribution in [-0.4, -0.2) is 9.78 Å². The molecule has 1 aliphatic rings.